The molecule has 8 nitrogen and oxygen atoms in total. The summed E-state index contributed by atoms with van der Waals surface area (Å²) in [5.41, 5.74) is 1.41. The lowest BCUT2D eigenvalue weighted by Crippen LogP contribution is -2.56. The Kier molecular flexibility index (Phi) is 7.09. The van der Waals surface area contributed by atoms with Crippen LogP contribution in [0.25, 0.3) is 0 Å². The third-order valence-corrected chi connectivity index (χ3v) is 8.48. The number of rotatable bonds is 8. The minimum Gasteiger partial charge on any atom is -0.394 e. The van der Waals surface area contributed by atoms with Gasteiger partial charge in [0.25, 0.3) is 0 Å². The van der Waals surface area contributed by atoms with Crippen molar-refractivity contribution < 1.29 is 24.2 Å². The molecule has 2 bridgehead atoms. The molecule has 3 unspecified atom stereocenters. The van der Waals surface area contributed by atoms with Gasteiger partial charge < -0.3 is 25.4 Å². The fraction of sp³-hybridized carbons (Fsp3) is 0.640. The van der Waals surface area contributed by atoms with Crippen molar-refractivity contribution >= 4 is 39.3 Å². The molecule has 3 saturated heterocycles. The number of aliphatic hydroxyl groups excluding tert-OH is 1. The number of carbonyl (C=O) groups is 3. The molecule has 1 aromatic carbocycles. The molecule has 4 rings (SSSR count). The van der Waals surface area contributed by atoms with Gasteiger partial charge in [0, 0.05) is 17.1 Å². The molecule has 9 heteroatoms. The van der Waals surface area contributed by atoms with Gasteiger partial charge in [-0.2, -0.15) is 0 Å². The van der Waals surface area contributed by atoms with E-state index >= 15 is 0 Å². The van der Waals surface area contributed by atoms with Crippen molar-refractivity contribution in [3.63, 3.8) is 0 Å². The summed E-state index contributed by atoms with van der Waals surface area (Å²) in [4.78, 5) is 42.3. The van der Waals surface area contributed by atoms with Crippen molar-refractivity contribution in [2.75, 3.05) is 18.5 Å². The van der Waals surface area contributed by atoms with Crippen molar-refractivity contribution in [2.45, 2.75) is 75.6 Å². The normalized spacial score (nSPS) is 32.6. The molecular weight excluding hydrogens is 502 g/mol. The lowest BCUT2D eigenvalue weighted by molar-refractivity contribution is -0.144. The fourth-order valence-electron chi connectivity index (χ4n) is 6.04. The Morgan fingerprint density at radius 1 is 1.26 bits per heavy atom. The molecule has 7 atom stereocenters. The number of amides is 3. The molecule has 0 aliphatic carbocycles. The highest BCUT2D eigenvalue weighted by molar-refractivity contribution is 9.09. The maximum atomic E-state index is 13.9. The summed E-state index contributed by atoms with van der Waals surface area (Å²) in [6.07, 6.45) is 1.21. The van der Waals surface area contributed by atoms with Gasteiger partial charge in [-0.1, -0.05) is 48.0 Å². The van der Waals surface area contributed by atoms with E-state index in [1.807, 2.05) is 45.9 Å². The number of aliphatic hydroxyl groups is 1. The average molecular weight is 536 g/mol. The number of halogens is 1. The summed E-state index contributed by atoms with van der Waals surface area (Å²) >= 11 is 3.67. The fourth-order valence-corrected chi connectivity index (χ4v) is 6.99. The number of carbonyl (C=O) groups excluding carboxylic acids is 3. The number of aryl methyl sites for hydroxylation is 2. The Morgan fingerprint density at radius 3 is 2.53 bits per heavy atom. The summed E-state index contributed by atoms with van der Waals surface area (Å²) in [7, 11) is 0. The number of hydrogen-bond donors (Lipinski definition) is 3. The number of nitrogens with zero attached hydrogens (tertiary/aromatic N) is 1. The van der Waals surface area contributed by atoms with E-state index in [-0.39, 0.29) is 29.2 Å². The van der Waals surface area contributed by atoms with E-state index in [1.54, 1.807) is 0 Å². The van der Waals surface area contributed by atoms with Crippen LogP contribution in [-0.2, 0) is 19.1 Å². The zero-order chi connectivity index (χ0) is 24.8. The van der Waals surface area contributed by atoms with Gasteiger partial charge in [0.05, 0.1) is 30.6 Å². The van der Waals surface area contributed by atoms with E-state index in [9.17, 15) is 19.5 Å². The Labute approximate surface area is 208 Å². The number of hydrogen-bond acceptors (Lipinski definition) is 5. The van der Waals surface area contributed by atoms with E-state index in [1.165, 1.54) is 4.90 Å². The maximum Gasteiger partial charge on any atom is 0.250 e. The van der Waals surface area contributed by atoms with Crippen LogP contribution < -0.4 is 10.6 Å². The van der Waals surface area contributed by atoms with Gasteiger partial charge in [-0.15, -0.1) is 0 Å². The second kappa shape index (κ2) is 9.59. The largest absolute Gasteiger partial charge is 0.394 e. The van der Waals surface area contributed by atoms with E-state index in [2.05, 4.69) is 26.6 Å². The highest BCUT2D eigenvalue weighted by atomic mass is 79.9. The summed E-state index contributed by atoms with van der Waals surface area (Å²) in [6, 6.07) is 4.27. The van der Waals surface area contributed by atoms with Crippen LogP contribution in [0.1, 0.15) is 44.2 Å². The molecule has 3 heterocycles. The summed E-state index contributed by atoms with van der Waals surface area (Å²) < 4.78 is 6.47. The molecule has 3 aliphatic heterocycles. The van der Waals surface area contributed by atoms with Crippen molar-refractivity contribution in [1.82, 2.24) is 10.2 Å². The Morgan fingerprint density at radius 2 is 1.94 bits per heavy atom. The smallest absolute Gasteiger partial charge is 0.250 e. The molecule has 186 valence electrons. The van der Waals surface area contributed by atoms with Crippen molar-refractivity contribution in [2.24, 2.45) is 11.8 Å². The first-order chi connectivity index (χ1) is 16.2. The molecular formula is C25H34BrN3O5. The molecule has 0 saturated carbocycles. The molecule has 34 heavy (non-hydrogen) atoms. The van der Waals surface area contributed by atoms with Crippen LogP contribution in [0.4, 0.5) is 5.69 Å². The highest BCUT2D eigenvalue weighted by Crippen LogP contribution is 2.60. The topological polar surface area (TPSA) is 108 Å². The van der Waals surface area contributed by atoms with Crippen LogP contribution in [0.2, 0.25) is 0 Å². The number of likely N-dealkylation sites (tertiary alicyclic amines) is 1. The van der Waals surface area contributed by atoms with Crippen molar-refractivity contribution in [3.8, 4) is 0 Å². The summed E-state index contributed by atoms with van der Waals surface area (Å²) in [5, 5.41) is 16.1. The van der Waals surface area contributed by atoms with Crippen LogP contribution in [0.15, 0.2) is 18.2 Å². The van der Waals surface area contributed by atoms with Gasteiger partial charge >= 0.3 is 0 Å². The minimum absolute atomic E-state index is 0.154. The highest BCUT2D eigenvalue weighted by Gasteiger charge is 2.76. The molecule has 1 spiro atoms. The lowest BCUT2D eigenvalue weighted by atomic mass is 9.70. The number of alkyl halides is 1. The second-order valence-electron chi connectivity index (χ2n) is 9.70. The van der Waals surface area contributed by atoms with Crippen LogP contribution in [0, 0.1) is 25.7 Å². The van der Waals surface area contributed by atoms with E-state index in [0.717, 1.165) is 17.5 Å². The Balaban J connectivity index is 1.77. The van der Waals surface area contributed by atoms with E-state index in [4.69, 9.17) is 4.74 Å². The number of anilines is 1. The van der Waals surface area contributed by atoms with Gasteiger partial charge in [0.1, 0.15) is 11.6 Å². The predicted molar refractivity (Wildman–Crippen MR) is 132 cm³/mol. The van der Waals surface area contributed by atoms with Crippen molar-refractivity contribution in [3.05, 3.63) is 29.3 Å². The zero-order valence-corrected chi connectivity index (χ0v) is 21.7. The third-order valence-electron chi connectivity index (χ3n) is 7.63. The molecule has 3 aliphatic rings. The number of benzene rings is 1. The van der Waals surface area contributed by atoms with Crippen molar-refractivity contribution in [1.29, 1.82) is 0 Å². The van der Waals surface area contributed by atoms with E-state index < -0.39 is 35.6 Å². The van der Waals surface area contributed by atoms with E-state index in [0.29, 0.717) is 25.1 Å². The molecule has 3 N–H and O–H groups in total. The zero-order valence-electron chi connectivity index (χ0n) is 20.1. The minimum atomic E-state index is -1.13. The van der Waals surface area contributed by atoms with Gasteiger partial charge in [-0.25, -0.2) is 0 Å². The first kappa shape index (κ1) is 25.1. The SMILES string of the molecule is CCCNC(=O)[C@H]1[C@H]2C(=O)N([C@@H](CC)CO)C(C(=O)Nc3c(C)cccc3C)C23CC(Br)[C@@H]1O3. The average Bonchev–Trinajstić information content (AvgIpc) is 3.39. The monoisotopic (exact) mass is 535 g/mol. The summed E-state index contributed by atoms with van der Waals surface area (Å²) in [5.74, 6) is -2.31. The Bertz CT molecular complexity index is 963. The van der Waals surface area contributed by atoms with Crippen LogP contribution >= 0.6 is 15.9 Å². The quantitative estimate of drug-likeness (QED) is 0.442. The summed E-state index contributed by atoms with van der Waals surface area (Å²) in [6.45, 7) is 7.92. The maximum absolute atomic E-state index is 13.9. The second-order valence-corrected chi connectivity index (χ2v) is 10.9. The lowest BCUT2D eigenvalue weighted by Gasteiger charge is -2.36. The third kappa shape index (κ3) is 3.76. The number of ether oxygens (including phenoxy) is 1. The molecule has 0 radical (unpaired) electrons. The number of para-hydroxylation sites is 1. The predicted octanol–water partition coefficient (Wildman–Crippen LogP) is 2.29. The molecule has 0 aromatic heterocycles. The van der Waals surface area contributed by atoms with Crippen LogP contribution in [-0.4, -0.2) is 69.5 Å². The molecule has 3 amide bonds. The molecule has 1 aromatic rings. The van der Waals surface area contributed by atoms with Gasteiger partial charge in [-0.3, -0.25) is 14.4 Å². The standard InChI is InChI=1S/C25H34BrN3O5/c1-5-10-27-22(31)17-18-24(33)29(15(6-2)12-30)21(25(18)11-16(26)20(17)34-25)23(32)28-19-13(3)8-7-9-14(19)4/h7-9,15-18,20-21,30H,5-6,10-12H2,1-4H3,(H,27,31)(H,28,32)/t15-,16?,17-,18-,20-,21?,25?/m0/s1. The Hall–Kier alpha value is -1.97. The van der Waals surface area contributed by atoms with Gasteiger partial charge in [-0.05, 0) is 44.2 Å². The first-order valence-electron chi connectivity index (χ1n) is 12.1. The van der Waals surface area contributed by atoms with Gasteiger partial charge in [0.15, 0.2) is 0 Å². The number of fused-ring (bicyclic) bond motifs is 1. The van der Waals surface area contributed by atoms with Crippen LogP contribution in [0.5, 0.6) is 0 Å². The first-order valence-corrected chi connectivity index (χ1v) is 13.0. The van der Waals surface area contributed by atoms with Gasteiger partial charge in [0.2, 0.25) is 17.7 Å². The molecule has 3 fully saturated rings. The number of nitrogens with one attached hydrogen (secondary N) is 2. The van der Waals surface area contributed by atoms with Crippen LogP contribution in [0.3, 0.4) is 0 Å².